The average Bonchev–Trinajstić information content (AvgIpc) is 0.904. The Morgan fingerprint density at radius 2 is 0.360 bits per heavy atom. The molecule has 0 heterocycles. The van der Waals surface area contributed by atoms with Gasteiger partial charge in [-0.3, -0.25) is 37.3 Å². The smallest absolute Gasteiger partial charge is 0.462 e. The molecule has 3 N–H and O–H groups in total. The minimum absolute atomic E-state index is 0.109. The molecule has 0 amide bonds. The van der Waals surface area contributed by atoms with Gasteiger partial charge in [-0.2, -0.15) is 0 Å². The van der Waals surface area contributed by atoms with Crippen molar-refractivity contribution in [3.05, 3.63) is 0 Å². The van der Waals surface area contributed by atoms with Crippen LogP contribution < -0.4 is 0 Å². The summed E-state index contributed by atoms with van der Waals surface area (Å²) in [6, 6.07) is 0. The van der Waals surface area contributed by atoms with Gasteiger partial charge in [0.25, 0.3) is 0 Å². The molecule has 2 unspecified atom stereocenters. The lowest BCUT2D eigenvalue weighted by molar-refractivity contribution is -0.161. The van der Waals surface area contributed by atoms with Gasteiger partial charge in [0.2, 0.25) is 0 Å². The largest absolute Gasteiger partial charge is 0.472 e. The van der Waals surface area contributed by atoms with Crippen LogP contribution in [-0.2, 0) is 65.4 Å². The van der Waals surface area contributed by atoms with Crippen LogP contribution in [0.1, 0.15) is 509 Å². The number of carbonyl (C=O) groups excluding carboxylic acids is 4. The van der Waals surface area contributed by atoms with Gasteiger partial charge in [0.05, 0.1) is 26.4 Å². The highest BCUT2D eigenvalue weighted by Gasteiger charge is 2.31. The summed E-state index contributed by atoms with van der Waals surface area (Å²) in [5, 5.41) is 10.7. The van der Waals surface area contributed by atoms with E-state index in [0.29, 0.717) is 25.7 Å². The Bertz CT molecular complexity index is 2090. The number of phosphoric ester groups is 2. The summed E-state index contributed by atoms with van der Waals surface area (Å²) in [5.41, 5.74) is 0. The van der Waals surface area contributed by atoms with Gasteiger partial charge in [-0.05, 0) is 25.7 Å². The predicted molar refractivity (Wildman–Crippen MR) is 460 cm³/mol. The maximum absolute atomic E-state index is 13.2. The Morgan fingerprint density at radius 1 is 0.216 bits per heavy atom. The Morgan fingerprint density at radius 3 is 0.532 bits per heavy atom. The number of esters is 4. The second-order valence-corrected chi connectivity index (χ2v) is 36.0. The monoisotopic (exact) mass is 1620 g/mol. The van der Waals surface area contributed by atoms with Gasteiger partial charge in [-0.1, -0.05) is 458 Å². The molecule has 0 fully saturated rings. The van der Waals surface area contributed by atoms with Gasteiger partial charge >= 0.3 is 39.5 Å². The first-order valence-corrected chi connectivity index (χ1v) is 50.8. The highest BCUT2D eigenvalue weighted by Crippen LogP contribution is 2.45. The predicted octanol–water partition coefficient (Wildman–Crippen LogP) is 28.9. The number of rotatable bonds is 93. The fourth-order valence-electron chi connectivity index (χ4n) is 14.6. The second kappa shape index (κ2) is 85.9. The number of aliphatic hydroxyl groups excluding tert-OH is 1. The first-order chi connectivity index (χ1) is 54.2. The molecule has 0 aliphatic rings. The molecular formula is C92H180O17P2. The molecule has 0 aliphatic carbocycles. The first-order valence-electron chi connectivity index (χ1n) is 47.8. The summed E-state index contributed by atoms with van der Waals surface area (Å²) >= 11 is 0. The summed E-state index contributed by atoms with van der Waals surface area (Å²) in [5.74, 6) is -2.10. The standard InChI is InChI=1S/C92H180O17P2/c1-5-9-13-17-21-25-28-31-34-37-40-43-46-49-52-55-58-61-65-69-73-77-90(95)103-83-88(109-92(97)79-75-71-67-63-60-57-54-51-48-45-42-39-36-33-30-27-23-19-15-11-7-3)85-107-111(100,101)105-81-86(93)80-104-110(98,99)106-84-87(82-102-89(94)76-72-68-64-24-20-16-12-8-4)108-91(96)78-74-70-66-62-59-56-53-50-47-44-41-38-35-32-29-26-22-18-14-10-6-2/h86-88,93H,5-85H2,1-4H3,(H,98,99)(H,100,101)/t86-,87+,88+/m0/s1. The van der Waals surface area contributed by atoms with Gasteiger partial charge < -0.3 is 33.8 Å². The van der Waals surface area contributed by atoms with Crippen LogP contribution in [0.4, 0.5) is 0 Å². The molecule has 19 heteroatoms. The molecule has 660 valence electrons. The van der Waals surface area contributed by atoms with Crippen LogP contribution >= 0.6 is 15.6 Å². The van der Waals surface area contributed by atoms with Crippen molar-refractivity contribution in [2.24, 2.45) is 0 Å². The van der Waals surface area contributed by atoms with Crippen molar-refractivity contribution in [1.29, 1.82) is 0 Å². The van der Waals surface area contributed by atoms with E-state index in [1.54, 1.807) is 0 Å². The Labute approximate surface area is 683 Å². The van der Waals surface area contributed by atoms with Crippen molar-refractivity contribution in [3.63, 3.8) is 0 Å². The average molecular weight is 1620 g/mol. The third-order valence-electron chi connectivity index (χ3n) is 21.9. The van der Waals surface area contributed by atoms with Gasteiger partial charge in [-0.15, -0.1) is 0 Å². The van der Waals surface area contributed by atoms with Crippen LogP contribution in [0.5, 0.6) is 0 Å². The topological polar surface area (TPSA) is 237 Å². The normalized spacial score (nSPS) is 13.6. The van der Waals surface area contributed by atoms with Crippen LogP contribution in [0.15, 0.2) is 0 Å². The van der Waals surface area contributed by atoms with Crippen molar-refractivity contribution in [2.75, 3.05) is 39.6 Å². The van der Waals surface area contributed by atoms with Crippen LogP contribution in [-0.4, -0.2) is 96.7 Å². The molecule has 0 radical (unpaired) electrons. The fraction of sp³-hybridized carbons (Fsp3) is 0.957. The van der Waals surface area contributed by atoms with Crippen LogP contribution in [0.3, 0.4) is 0 Å². The number of ether oxygens (including phenoxy) is 4. The summed E-state index contributed by atoms with van der Waals surface area (Å²) in [6.07, 6.45) is 83.8. The quantitative estimate of drug-likeness (QED) is 0.0222. The molecule has 17 nitrogen and oxygen atoms in total. The molecular weight excluding hydrogens is 1440 g/mol. The van der Waals surface area contributed by atoms with Gasteiger partial charge in [-0.25, -0.2) is 9.13 Å². The van der Waals surface area contributed by atoms with Gasteiger partial charge in [0.1, 0.15) is 19.3 Å². The Balaban J connectivity index is 5.15. The zero-order valence-electron chi connectivity index (χ0n) is 73.0. The molecule has 111 heavy (non-hydrogen) atoms. The molecule has 0 aromatic heterocycles. The van der Waals surface area contributed by atoms with Crippen molar-refractivity contribution >= 4 is 39.5 Å². The third-order valence-corrected chi connectivity index (χ3v) is 23.8. The van der Waals surface area contributed by atoms with Crippen molar-refractivity contribution in [2.45, 2.75) is 528 Å². The van der Waals surface area contributed by atoms with E-state index in [-0.39, 0.29) is 25.7 Å². The summed E-state index contributed by atoms with van der Waals surface area (Å²) < 4.78 is 69.0. The van der Waals surface area contributed by atoms with Gasteiger partial charge in [0, 0.05) is 25.7 Å². The van der Waals surface area contributed by atoms with E-state index in [4.69, 9.17) is 37.0 Å². The van der Waals surface area contributed by atoms with Crippen molar-refractivity contribution in [3.8, 4) is 0 Å². The molecule has 0 saturated heterocycles. The van der Waals surface area contributed by atoms with E-state index < -0.39 is 97.5 Å². The molecule has 0 saturated carbocycles. The van der Waals surface area contributed by atoms with Gasteiger partial charge in [0.15, 0.2) is 12.2 Å². The highest BCUT2D eigenvalue weighted by atomic mass is 31.2. The van der Waals surface area contributed by atoms with E-state index in [1.165, 1.54) is 340 Å². The fourth-order valence-corrected chi connectivity index (χ4v) is 16.2. The molecule has 0 spiro atoms. The van der Waals surface area contributed by atoms with Crippen LogP contribution in [0.2, 0.25) is 0 Å². The molecule has 0 aromatic rings. The second-order valence-electron chi connectivity index (χ2n) is 33.1. The number of aliphatic hydroxyl groups is 1. The lowest BCUT2D eigenvalue weighted by Gasteiger charge is -2.21. The lowest BCUT2D eigenvalue weighted by Crippen LogP contribution is -2.30. The van der Waals surface area contributed by atoms with Crippen LogP contribution in [0, 0.1) is 0 Å². The van der Waals surface area contributed by atoms with Crippen molar-refractivity contribution < 1.29 is 80.2 Å². The molecule has 0 bridgehead atoms. The zero-order chi connectivity index (χ0) is 81.0. The molecule has 5 atom stereocenters. The van der Waals surface area contributed by atoms with Crippen LogP contribution in [0.25, 0.3) is 0 Å². The van der Waals surface area contributed by atoms with Crippen molar-refractivity contribution in [1.82, 2.24) is 0 Å². The highest BCUT2D eigenvalue weighted by molar-refractivity contribution is 7.47. The summed E-state index contributed by atoms with van der Waals surface area (Å²) in [6.45, 7) is 5.06. The molecule has 0 aromatic carbocycles. The zero-order valence-corrected chi connectivity index (χ0v) is 74.7. The third kappa shape index (κ3) is 85.8. The Hall–Kier alpha value is -1.94. The van der Waals surface area contributed by atoms with E-state index in [9.17, 15) is 43.2 Å². The van der Waals surface area contributed by atoms with E-state index >= 15 is 0 Å². The lowest BCUT2D eigenvalue weighted by atomic mass is 10.0. The van der Waals surface area contributed by atoms with E-state index in [1.807, 2.05) is 0 Å². The Kier molecular flexibility index (Phi) is 84.4. The summed E-state index contributed by atoms with van der Waals surface area (Å²) in [7, 11) is -9.93. The van der Waals surface area contributed by atoms with E-state index in [2.05, 4.69) is 27.7 Å². The maximum Gasteiger partial charge on any atom is 0.472 e. The number of phosphoric acid groups is 2. The SMILES string of the molecule is CCCCCCCCCCCCCCCCCCCCCCCC(=O)OC[C@H](COP(=O)(O)OC[C@@H](O)COP(=O)(O)OC[C@@H](COC(=O)CCCCCCCCCC)OC(=O)CCCCCCCCCCCCCCCCCCCCCCC)OC(=O)CCCCCCCCCCCCCCCCCCCCCCC. The minimum atomic E-state index is -4.97. The number of carbonyl (C=O) groups is 4. The number of hydrogen-bond acceptors (Lipinski definition) is 15. The molecule has 0 rings (SSSR count). The maximum atomic E-state index is 13.2. The number of hydrogen-bond donors (Lipinski definition) is 3. The summed E-state index contributed by atoms with van der Waals surface area (Å²) in [4.78, 5) is 73.3. The van der Waals surface area contributed by atoms with E-state index in [0.717, 1.165) is 89.9 Å². The minimum Gasteiger partial charge on any atom is -0.462 e. The first kappa shape index (κ1) is 109. The number of unbranched alkanes of at least 4 members (excludes halogenated alkanes) is 67. The molecule has 0 aliphatic heterocycles.